The van der Waals surface area contributed by atoms with Crippen LogP contribution in [0.25, 0.3) is 0 Å². The molecule has 0 bridgehead atoms. The number of benzene rings is 2. The molecule has 0 aliphatic heterocycles. The van der Waals surface area contributed by atoms with Gasteiger partial charge in [-0.25, -0.2) is 4.39 Å². The summed E-state index contributed by atoms with van der Waals surface area (Å²) in [5, 5.41) is 12.3. The van der Waals surface area contributed by atoms with Crippen LogP contribution >= 0.6 is 35.0 Å². The Morgan fingerprint density at radius 3 is 2.79 bits per heavy atom. The summed E-state index contributed by atoms with van der Waals surface area (Å²) in [7, 11) is 1.78. The van der Waals surface area contributed by atoms with E-state index in [9.17, 15) is 9.18 Å². The van der Waals surface area contributed by atoms with Crippen LogP contribution in [-0.4, -0.2) is 26.4 Å². The largest absolute Gasteiger partial charge is 0.484 e. The Labute approximate surface area is 181 Å². The highest BCUT2D eigenvalue weighted by Crippen LogP contribution is 2.28. The fraction of sp³-hybridized carbons (Fsp3) is 0.211. The van der Waals surface area contributed by atoms with Crippen LogP contribution in [0.3, 0.4) is 0 Å². The highest BCUT2D eigenvalue weighted by molar-refractivity contribution is 7.99. The van der Waals surface area contributed by atoms with Gasteiger partial charge in [-0.05, 0) is 42.8 Å². The van der Waals surface area contributed by atoms with Crippen molar-refractivity contribution in [2.45, 2.75) is 18.7 Å². The summed E-state index contributed by atoms with van der Waals surface area (Å²) in [5.41, 5.74) is 1.23. The molecule has 10 heteroatoms. The number of hydrogen-bond acceptors (Lipinski definition) is 5. The van der Waals surface area contributed by atoms with Crippen LogP contribution in [0.15, 0.2) is 41.6 Å². The number of aryl methyl sites for hydroxylation is 1. The molecule has 152 valence electrons. The third-order valence-corrected chi connectivity index (χ3v) is 5.53. The zero-order valence-electron chi connectivity index (χ0n) is 15.6. The Kier molecular flexibility index (Phi) is 7.00. The predicted molar refractivity (Wildman–Crippen MR) is 112 cm³/mol. The molecule has 6 nitrogen and oxygen atoms in total. The van der Waals surface area contributed by atoms with Crippen molar-refractivity contribution in [3.05, 3.63) is 63.6 Å². The van der Waals surface area contributed by atoms with E-state index in [-0.39, 0.29) is 18.3 Å². The number of nitrogens with one attached hydrogen (secondary N) is 1. The molecule has 0 unspecified atom stereocenters. The van der Waals surface area contributed by atoms with Gasteiger partial charge in [-0.2, -0.15) is 0 Å². The van der Waals surface area contributed by atoms with Crippen LogP contribution < -0.4 is 10.1 Å². The van der Waals surface area contributed by atoms with Crippen LogP contribution in [0.2, 0.25) is 10.0 Å². The zero-order chi connectivity index (χ0) is 21.0. The molecule has 0 radical (unpaired) electrons. The number of carbonyl (C=O) groups is 1. The van der Waals surface area contributed by atoms with Crippen molar-refractivity contribution in [2.24, 2.45) is 7.05 Å². The first-order valence-corrected chi connectivity index (χ1v) is 10.2. The standard InChI is InChI=1S/C19H17Cl2FN4O2S/c1-11-3-5-13(22)8-15(11)23-18(27)10-29-19-25-24-17(26(19)2)9-28-16-6-4-12(20)7-14(16)21/h3-8H,9-10H2,1-2H3,(H,23,27). The Balaban J connectivity index is 1.56. The molecule has 3 rings (SSSR count). The third kappa shape index (κ3) is 5.62. The smallest absolute Gasteiger partial charge is 0.234 e. The molecule has 3 aromatic rings. The van der Waals surface area contributed by atoms with E-state index >= 15 is 0 Å². The van der Waals surface area contributed by atoms with Crippen molar-refractivity contribution in [1.82, 2.24) is 14.8 Å². The number of amides is 1. The lowest BCUT2D eigenvalue weighted by Crippen LogP contribution is -2.15. The molecule has 0 spiro atoms. The van der Waals surface area contributed by atoms with E-state index < -0.39 is 5.82 Å². The maximum Gasteiger partial charge on any atom is 0.234 e. The Bertz CT molecular complexity index is 1050. The van der Waals surface area contributed by atoms with Gasteiger partial charge in [-0.1, -0.05) is 41.0 Å². The van der Waals surface area contributed by atoms with Gasteiger partial charge in [0.2, 0.25) is 5.91 Å². The topological polar surface area (TPSA) is 69.0 Å². The lowest BCUT2D eigenvalue weighted by atomic mass is 10.2. The van der Waals surface area contributed by atoms with E-state index in [1.54, 1.807) is 42.8 Å². The van der Waals surface area contributed by atoms with Gasteiger partial charge in [0.1, 0.15) is 18.2 Å². The molecule has 29 heavy (non-hydrogen) atoms. The van der Waals surface area contributed by atoms with Crippen molar-refractivity contribution in [2.75, 3.05) is 11.1 Å². The molecule has 0 saturated heterocycles. The second-order valence-electron chi connectivity index (χ2n) is 6.12. The molecule has 0 saturated carbocycles. The fourth-order valence-corrected chi connectivity index (χ4v) is 3.57. The van der Waals surface area contributed by atoms with Crippen LogP contribution in [0.5, 0.6) is 5.75 Å². The number of rotatable bonds is 7. The molecular weight excluding hydrogens is 438 g/mol. The average molecular weight is 455 g/mol. The SMILES string of the molecule is Cc1ccc(F)cc1NC(=O)CSc1nnc(COc2ccc(Cl)cc2Cl)n1C. The van der Waals surface area contributed by atoms with E-state index in [0.717, 1.165) is 5.56 Å². The van der Waals surface area contributed by atoms with Crippen LogP contribution in [0, 0.1) is 12.7 Å². The minimum Gasteiger partial charge on any atom is -0.484 e. The van der Waals surface area contributed by atoms with E-state index in [1.165, 1.54) is 23.9 Å². The third-order valence-electron chi connectivity index (χ3n) is 3.98. The number of anilines is 1. The second-order valence-corrected chi connectivity index (χ2v) is 7.90. The maximum absolute atomic E-state index is 13.3. The van der Waals surface area contributed by atoms with Crippen LogP contribution in [0.4, 0.5) is 10.1 Å². The second kappa shape index (κ2) is 9.47. The predicted octanol–water partition coefficient (Wildman–Crippen LogP) is 4.88. The van der Waals surface area contributed by atoms with Crippen molar-refractivity contribution in [3.8, 4) is 5.75 Å². The molecular formula is C19H17Cl2FN4O2S. The van der Waals surface area contributed by atoms with E-state index in [2.05, 4.69) is 15.5 Å². The molecule has 1 aromatic heterocycles. The summed E-state index contributed by atoms with van der Waals surface area (Å²) < 4.78 is 20.7. The van der Waals surface area contributed by atoms with Crippen molar-refractivity contribution >= 4 is 46.6 Å². The van der Waals surface area contributed by atoms with E-state index in [4.69, 9.17) is 27.9 Å². The van der Waals surface area contributed by atoms with Gasteiger partial charge in [-0.3, -0.25) is 4.79 Å². The maximum atomic E-state index is 13.3. The molecule has 0 aliphatic carbocycles. The number of thioether (sulfide) groups is 1. The molecule has 1 heterocycles. The Morgan fingerprint density at radius 1 is 1.24 bits per heavy atom. The van der Waals surface area contributed by atoms with E-state index in [1.807, 2.05) is 0 Å². The lowest BCUT2D eigenvalue weighted by molar-refractivity contribution is -0.113. The van der Waals surface area contributed by atoms with Gasteiger partial charge in [0.05, 0.1) is 10.8 Å². The first-order chi connectivity index (χ1) is 13.8. The molecule has 0 atom stereocenters. The quantitative estimate of drug-likeness (QED) is 0.515. The normalized spacial score (nSPS) is 10.8. The number of nitrogens with zero attached hydrogens (tertiary/aromatic N) is 3. The number of aromatic nitrogens is 3. The van der Waals surface area contributed by atoms with Gasteiger partial charge in [0, 0.05) is 17.8 Å². The monoisotopic (exact) mass is 454 g/mol. The van der Waals surface area contributed by atoms with Gasteiger partial charge < -0.3 is 14.6 Å². The summed E-state index contributed by atoms with van der Waals surface area (Å²) in [4.78, 5) is 12.2. The minimum atomic E-state index is -0.405. The number of ether oxygens (including phenoxy) is 1. The summed E-state index contributed by atoms with van der Waals surface area (Å²) in [5.74, 6) is 0.485. The van der Waals surface area contributed by atoms with E-state index in [0.29, 0.717) is 32.5 Å². The van der Waals surface area contributed by atoms with Gasteiger partial charge in [-0.15, -0.1) is 10.2 Å². The minimum absolute atomic E-state index is 0.103. The highest BCUT2D eigenvalue weighted by Gasteiger charge is 2.13. The van der Waals surface area contributed by atoms with Gasteiger partial charge in [0.15, 0.2) is 11.0 Å². The van der Waals surface area contributed by atoms with Crippen LogP contribution in [0.1, 0.15) is 11.4 Å². The molecule has 1 N–H and O–H groups in total. The zero-order valence-corrected chi connectivity index (χ0v) is 17.9. The summed E-state index contributed by atoms with van der Waals surface area (Å²) in [6.07, 6.45) is 0. The van der Waals surface area contributed by atoms with Gasteiger partial charge >= 0.3 is 0 Å². The van der Waals surface area contributed by atoms with Gasteiger partial charge in [0.25, 0.3) is 0 Å². The summed E-state index contributed by atoms with van der Waals surface area (Å²) in [6, 6.07) is 9.20. The molecule has 2 aromatic carbocycles. The Morgan fingerprint density at radius 2 is 2.03 bits per heavy atom. The van der Waals surface area contributed by atoms with Crippen LogP contribution in [-0.2, 0) is 18.4 Å². The van der Waals surface area contributed by atoms with Crippen molar-refractivity contribution in [3.63, 3.8) is 0 Å². The molecule has 0 aliphatic rings. The number of carbonyl (C=O) groups excluding carboxylic acids is 1. The molecule has 1 amide bonds. The number of halogens is 3. The fourth-order valence-electron chi connectivity index (χ4n) is 2.38. The number of hydrogen-bond donors (Lipinski definition) is 1. The first kappa shape index (κ1) is 21.4. The molecule has 0 fully saturated rings. The summed E-state index contributed by atoms with van der Waals surface area (Å²) in [6.45, 7) is 1.95. The first-order valence-electron chi connectivity index (χ1n) is 8.48. The average Bonchev–Trinajstić information content (AvgIpc) is 3.02. The Hall–Kier alpha value is -2.29. The summed E-state index contributed by atoms with van der Waals surface area (Å²) >= 11 is 13.2. The van der Waals surface area contributed by atoms with Crippen molar-refractivity contribution < 1.29 is 13.9 Å². The highest BCUT2D eigenvalue weighted by atomic mass is 35.5. The van der Waals surface area contributed by atoms with Crippen molar-refractivity contribution in [1.29, 1.82) is 0 Å². The lowest BCUT2D eigenvalue weighted by Gasteiger charge is -2.09.